The van der Waals surface area contributed by atoms with E-state index in [1.165, 1.54) is 11.4 Å². The molecule has 0 aliphatic carbocycles. The monoisotopic (exact) mass is 324 g/mol. The molecule has 0 N–H and O–H groups in total. The molecule has 2 atom stereocenters. The lowest BCUT2D eigenvalue weighted by Gasteiger charge is -2.32. The summed E-state index contributed by atoms with van der Waals surface area (Å²) in [5, 5.41) is 0. The van der Waals surface area contributed by atoms with Crippen LogP contribution < -0.4 is 0 Å². The molecule has 0 radical (unpaired) electrons. The number of pyridine rings is 2. The lowest BCUT2D eigenvalue weighted by atomic mass is 9.74. The van der Waals surface area contributed by atoms with Gasteiger partial charge in [-0.05, 0) is 41.5 Å². The van der Waals surface area contributed by atoms with Crippen LogP contribution in [0.3, 0.4) is 0 Å². The first kappa shape index (κ1) is 18.6. The van der Waals surface area contributed by atoms with E-state index >= 15 is 0 Å². The Morgan fingerprint density at radius 2 is 1.50 bits per heavy atom. The third-order valence-electron chi connectivity index (χ3n) is 5.51. The van der Waals surface area contributed by atoms with E-state index in [0.29, 0.717) is 11.8 Å². The molecule has 0 fully saturated rings. The van der Waals surface area contributed by atoms with Crippen molar-refractivity contribution in [1.29, 1.82) is 0 Å². The summed E-state index contributed by atoms with van der Waals surface area (Å²) in [5.74, 6) is 0.818. The highest BCUT2D eigenvalue weighted by Crippen LogP contribution is 2.38. The lowest BCUT2D eigenvalue weighted by Crippen LogP contribution is -2.24. The fourth-order valence-electron chi connectivity index (χ4n) is 2.93. The van der Waals surface area contributed by atoms with Crippen molar-refractivity contribution in [2.75, 3.05) is 0 Å². The van der Waals surface area contributed by atoms with Gasteiger partial charge >= 0.3 is 0 Å². The molecular weight excluding hydrogens is 292 g/mol. The normalized spacial score (nSPS) is 15.1. The van der Waals surface area contributed by atoms with Gasteiger partial charge in [0, 0.05) is 35.1 Å². The molecule has 2 heteroatoms. The fraction of sp³-hybridized carbons (Fsp3) is 0.545. The molecule has 0 bridgehead atoms. The largest absolute Gasteiger partial charge is 0.261 e. The molecule has 0 aliphatic heterocycles. The van der Waals surface area contributed by atoms with E-state index < -0.39 is 0 Å². The minimum Gasteiger partial charge on any atom is -0.261 e. The van der Waals surface area contributed by atoms with Crippen LogP contribution in [-0.4, -0.2) is 9.97 Å². The van der Waals surface area contributed by atoms with Crippen molar-refractivity contribution in [1.82, 2.24) is 9.97 Å². The molecule has 2 nitrogen and oxygen atoms in total. The van der Waals surface area contributed by atoms with E-state index in [2.05, 4.69) is 83.8 Å². The Bertz CT molecular complexity index is 653. The highest BCUT2D eigenvalue weighted by atomic mass is 14.7. The number of aromatic nitrogens is 2. The van der Waals surface area contributed by atoms with Crippen LogP contribution in [0.5, 0.6) is 0 Å². The highest BCUT2D eigenvalue weighted by molar-refractivity contribution is 5.19. The quantitative estimate of drug-likeness (QED) is 0.674. The zero-order valence-electron chi connectivity index (χ0n) is 16.3. The SMILES string of the molecule is C[C@H](c1ccccn1)C(C)(C)Cc1cccc([C@H](C)C(C)(C)C)n1. The molecule has 0 saturated heterocycles. The molecule has 0 saturated carbocycles. The topological polar surface area (TPSA) is 25.8 Å². The van der Waals surface area contributed by atoms with E-state index in [1.807, 2.05) is 12.3 Å². The predicted octanol–water partition coefficient (Wildman–Crippen LogP) is 6.00. The van der Waals surface area contributed by atoms with Crippen LogP contribution in [0.25, 0.3) is 0 Å². The standard InChI is InChI=1S/C22H32N2/c1-16(21(3,4)5)20-13-10-11-18(24-20)15-22(6,7)17(2)19-12-8-9-14-23-19/h8-14,16-17H,15H2,1-7H3/t16-,17+/m0/s1. The van der Waals surface area contributed by atoms with Gasteiger partial charge in [-0.1, -0.05) is 60.6 Å². The van der Waals surface area contributed by atoms with Crippen molar-refractivity contribution >= 4 is 0 Å². The third-order valence-corrected chi connectivity index (χ3v) is 5.51. The second kappa shape index (κ2) is 7.04. The van der Waals surface area contributed by atoms with Crippen LogP contribution in [0.1, 0.15) is 77.4 Å². The van der Waals surface area contributed by atoms with Crippen molar-refractivity contribution < 1.29 is 0 Å². The van der Waals surface area contributed by atoms with Gasteiger partial charge in [0.1, 0.15) is 0 Å². The minimum atomic E-state index is 0.102. The summed E-state index contributed by atoms with van der Waals surface area (Å²) in [4.78, 5) is 9.52. The maximum absolute atomic E-state index is 4.98. The van der Waals surface area contributed by atoms with Crippen LogP contribution >= 0.6 is 0 Å². The first-order chi connectivity index (χ1) is 11.1. The number of nitrogens with zero attached hydrogens (tertiary/aromatic N) is 2. The molecule has 0 unspecified atom stereocenters. The smallest absolute Gasteiger partial charge is 0.0440 e. The average molecular weight is 325 g/mol. The maximum Gasteiger partial charge on any atom is 0.0440 e. The summed E-state index contributed by atoms with van der Waals surface area (Å²) in [5.41, 5.74) is 3.85. The van der Waals surface area contributed by atoms with Gasteiger partial charge in [-0.25, -0.2) is 0 Å². The van der Waals surface area contributed by atoms with Gasteiger partial charge < -0.3 is 0 Å². The number of rotatable bonds is 5. The first-order valence-electron chi connectivity index (χ1n) is 8.98. The van der Waals surface area contributed by atoms with Crippen molar-refractivity contribution in [3.63, 3.8) is 0 Å². The Kier molecular flexibility index (Phi) is 5.47. The summed E-state index contributed by atoms with van der Waals surface area (Å²) in [7, 11) is 0. The van der Waals surface area contributed by atoms with Crippen molar-refractivity contribution in [2.45, 2.75) is 66.7 Å². The van der Waals surface area contributed by atoms with Gasteiger partial charge in [0.15, 0.2) is 0 Å². The van der Waals surface area contributed by atoms with Gasteiger partial charge in [-0.3, -0.25) is 9.97 Å². The van der Waals surface area contributed by atoms with E-state index in [0.717, 1.165) is 12.1 Å². The number of hydrogen-bond acceptors (Lipinski definition) is 2. The predicted molar refractivity (Wildman–Crippen MR) is 102 cm³/mol. The van der Waals surface area contributed by atoms with E-state index in [9.17, 15) is 0 Å². The minimum absolute atomic E-state index is 0.102. The molecule has 0 amide bonds. The van der Waals surface area contributed by atoms with Crippen LogP contribution in [0.15, 0.2) is 42.6 Å². The molecule has 2 heterocycles. The van der Waals surface area contributed by atoms with Gasteiger partial charge in [0.05, 0.1) is 0 Å². The summed E-state index contributed by atoms with van der Waals surface area (Å²) in [6.45, 7) is 16.0. The molecule has 0 aliphatic rings. The molecule has 2 aromatic rings. The van der Waals surface area contributed by atoms with Gasteiger partial charge in [0.25, 0.3) is 0 Å². The van der Waals surface area contributed by atoms with Crippen LogP contribution in [-0.2, 0) is 6.42 Å². The Hall–Kier alpha value is -1.70. The molecule has 2 aromatic heterocycles. The van der Waals surface area contributed by atoms with Crippen LogP contribution in [0.4, 0.5) is 0 Å². The van der Waals surface area contributed by atoms with Crippen LogP contribution in [0.2, 0.25) is 0 Å². The summed E-state index contributed by atoms with van der Waals surface area (Å²) in [6.07, 6.45) is 2.83. The maximum atomic E-state index is 4.98. The third kappa shape index (κ3) is 4.43. The lowest BCUT2D eigenvalue weighted by molar-refractivity contribution is 0.289. The van der Waals surface area contributed by atoms with Gasteiger partial charge in [-0.2, -0.15) is 0 Å². The van der Waals surface area contributed by atoms with Crippen molar-refractivity contribution in [2.24, 2.45) is 10.8 Å². The molecule has 0 aromatic carbocycles. The van der Waals surface area contributed by atoms with E-state index in [1.54, 1.807) is 0 Å². The fourth-order valence-corrected chi connectivity index (χ4v) is 2.93. The second-order valence-electron chi connectivity index (χ2n) is 8.78. The molecule has 0 spiro atoms. The first-order valence-corrected chi connectivity index (χ1v) is 8.98. The van der Waals surface area contributed by atoms with Crippen LogP contribution in [0, 0.1) is 10.8 Å². The van der Waals surface area contributed by atoms with E-state index in [-0.39, 0.29) is 10.8 Å². The number of hydrogen-bond donors (Lipinski definition) is 0. The van der Waals surface area contributed by atoms with Gasteiger partial charge in [-0.15, -0.1) is 0 Å². The molecule has 2 rings (SSSR count). The Morgan fingerprint density at radius 3 is 2.08 bits per heavy atom. The highest BCUT2D eigenvalue weighted by Gasteiger charge is 2.29. The Balaban J connectivity index is 2.21. The zero-order chi connectivity index (χ0) is 18.0. The average Bonchev–Trinajstić information content (AvgIpc) is 2.53. The molecule has 24 heavy (non-hydrogen) atoms. The Labute approximate surface area is 147 Å². The Morgan fingerprint density at radius 1 is 0.833 bits per heavy atom. The van der Waals surface area contributed by atoms with Gasteiger partial charge in [0.2, 0.25) is 0 Å². The summed E-state index contributed by atoms with van der Waals surface area (Å²) < 4.78 is 0. The molecule has 130 valence electrons. The van der Waals surface area contributed by atoms with Crippen molar-refractivity contribution in [3.8, 4) is 0 Å². The molecular formula is C22H32N2. The summed E-state index contributed by atoms with van der Waals surface area (Å²) >= 11 is 0. The van der Waals surface area contributed by atoms with E-state index in [4.69, 9.17) is 4.98 Å². The van der Waals surface area contributed by atoms with Crippen molar-refractivity contribution in [3.05, 3.63) is 59.7 Å². The second-order valence-corrected chi connectivity index (χ2v) is 8.78. The summed E-state index contributed by atoms with van der Waals surface area (Å²) in [6, 6.07) is 12.6. The zero-order valence-corrected chi connectivity index (χ0v) is 16.3.